The van der Waals surface area contributed by atoms with Crippen molar-refractivity contribution >= 4 is 59.8 Å². The Labute approximate surface area is 141 Å². The lowest BCUT2D eigenvalue weighted by Crippen LogP contribution is -2.06. The first kappa shape index (κ1) is 15.9. The van der Waals surface area contributed by atoms with E-state index in [-0.39, 0.29) is 10.8 Å². The molecule has 2 aromatic heterocycles. The molecule has 1 N–H and O–H groups in total. The topological polar surface area (TPSA) is 76.1 Å². The number of benzene rings is 1. The monoisotopic (exact) mass is 364 g/mol. The van der Waals surface area contributed by atoms with Gasteiger partial charge in [-0.2, -0.15) is 0 Å². The zero-order valence-electron chi connectivity index (χ0n) is 12.0. The fraction of sp³-hybridized carbons (Fsp3) is 0.0667. The Bertz CT molecular complexity index is 986. The summed E-state index contributed by atoms with van der Waals surface area (Å²) in [6.07, 6.45) is 4.34. The summed E-state index contributed by atoms with van der Waals surface area (Å²) in [6.45, 7) is 0. The number of amides is 1. The molecule has 0 saturated heterocycles. The van der Waals surface area contributed by atoms with Gasteiger partial charge < -0.3 is 0 Å². The molecule has 0 spiro atoms. The van der Waals surface area contributed by atoms with E-state index in [2.05, 4.69) is 10.3 Å². The van der Waals surface area contributed by atoms with Crippen molar-refractivity contribution in [2.24, 2.45) is 0 Å². The van der Waals surface area contributed by atoms with Gasteiger partial charge in [-0.15, -0.1) is 11.3 Å². The molecule has 0 aliphatic rings. The van der Waals surface area contributed by atoms with Gasteiger partial charge in [0.05, 0.1) is 15.1 Å². The quantitative estimate of drug-likeness (QED) is 0.720. The van der Waals surface area contributed by atoms with Crippen molar-refractivity contribution < 1.29 is 13.2 Å². The Balaban J connectivity index is 1.79. The summed E-state index contributed by atoms with van der Waals surface area (Å²) in [5.41, 5.74) is 0.653. The maximum absolute atomic E-state index is 11.9. The highest BCUT2D eigenvalue weighted by atomic mass is 32.2. The summed E-state index contributed by atoms with van der Waals surface area (Å²) in [6, 6.07) is 8.55. The second-order valence-corrected chi connectivity index (χ2v) is 8.78. The van der Waals surface area contributed by atoms with Gasteiger partial charge in [-0.3, -0.25) is 10.1 Å². The molecule has 2 heterocycles. The van der Waals surface area contributed by atoms with Crippen molar-refractivity contribution in [3.8, 4) is 0 Å². The summed E-state index contributed by atoms with van der Waals surface area (Å²) in [7, 11) is -3.26. The zero-order chi connectivity index (χ0) is 16.4. The van der Waals surface area contributed by atoms with Gasteiger partial charge in [-0.25, -0.2) is 13.4 Å². The second-order valence-electron chi connectivity index (χ2n) is 4.76. The summed E-state index contributed by atoms with van der Waals surface area (Å²) in [5, 5.41) is 5.06. The minimum atomic E-state index is -3.26. The maximum atomic E-state index is 11.9. The average Bonchev–Trinajstić information content (AvgIpc) is 3.12. The van der Waals surface area contributed by atoms with Crippen LogP contribution in [-0.4, -0.2) is 25.6 Å². The highest BCUT2D eigenvalue weighted by Gasteiger charge is 2.11. The number of anilines is 1. The van der Waals surface area contributed by atoms with Gasteiger partial charge in [0.2, 0.25) is 5.91 Å². The maximum Gasteiger partial charge on any atom is 0.250 e. The SMILES string of the molecule is CS(=O)(=O)c1ccc2nc(NC(=O)/C=C/c3cccs3)sc2c1. The summed E-state index contributed by atoms with van der Waals surface area (Å²) < 4.78 is 23.8. The normalized spacial score (nSPS) is 12.0. The molecule has 118 valence electrons. The molecule has 0 bridgehead atoms. The Morgan fingerprint density at radius 2 is 2.13 bits per heavy atom. The first-order valence-corrected chi connectivity index (χ1v) is 10.1. The summed E-state index contributed by atoms with van der Waals surface area (Å²) >= 11 is 2.78. The van der Waals surface area contributed by atoms with Gasteiger partial charge in [0.15, 0.2) is 15.0 Å². The van der Waals surface area contributed by atoms with Crippen molar-refractivity contribution in [1.82, 2.24) is 4.98 Å². The van der Waals surface area contributed by atoms with Crippen molar-refractivity contribution in [2.45, 2.75) is 4.90 Å². The molecule has 3 rings (SSSR count). The number of hydrogen-bond acceptors (Lipinski definition) is 6. The molecule has 0 unspecified atom stereocenters. The fourth-order valence-corrected chi connectivity index (χ4v) is 4.13. The number of nitrogens with zero attached hydrogens (tertiary/aromatic N) is 1. The number of hydrogen-bond donors (Lipinski definition) is 1. The van der Waals surface area contributed by atoms with Crippen LogP contribution in [-0.2, 0) is 14.6 Å². The van der Waals surface area contributed by atoms with Crippen LogP contribution in [0.25, 0.3) is 16.3 Å². The lowest BCUT2D eigenvalue weighted by Gasteiger charge is -1.96. The molecule has 0 aliphatic heterocycles. The van der Waals surface area contributed by atoms with Crippen molar-refractivity contribution in [3.05, 3.63) is 46.7 Å². The standard InChI is InChI=1S/C15H12N2O3S3/c1-23(19,20)11-5-6-12-13(9-11)22-15(16-12)17-14(18)7-4-10-3-2-8-21-10/h2-9H,1H3,(H,16,17,18)/b7-4+. The van der Waals surface area contributed by atoms with E-state index in [0.717, 1.165) is 11.1 Å². The van der Waals surface area contributed by atoms with Crippen LogP contribution in [0.1, 0.15) is 4.88 Å². The van der Waals surface area contributed by atoms with Crippen molar-refractivity contribution in [2.75, 3.05) is 11.6 Å². The third-order valence-corrected chi connectivity index (χ3v) is 5.84. The van der Waals surface area contributed by atoms with E-state index >= 15 is 0 Å². The summed E-state index contributed by atoms with van der Waals surface area (Å²) in [5.74, 6) is -0.277. The van der Waals surface area contributed by atoms with Crippen LogP contribution >= 0.6 is 22.7 Å². The molecular formula is C15H12N2O3S3. The van der Waals surface area contributed by atoms with Gasteiger partial charge in [-0.05, 0) is 35.7 Å². The molecule has 5 nitrogen and oxygen atoms in total. The Kier molecular flexibility index (Phi) is 4.29. The number of rotatable bonds is 4. The van der Waals surface area contributed by atoms with E-state index in [4.69, 9.17) is 0 Å². The highest BCUT2D eigenvalue weighted by molar-refractivity contribution is 7.90. The molecule has 0 fully saturated rings. The van der Waals surface area contributed by atoms with Gasteiger partial charge in [0.1, 0.15) is 0 Å². The second kappa shape index (κ2) is 6.23. The number of fused-ring (bicyclic) bond motifs is 1. The predicted molar refractivity (Wildman–Crippen MR) is 94.7 cm³/mol. The summed E-state index contributed by atoms with van der Waals surface area (Å²) in [4.78, 5) is 17.4. The lowest BCUT2D eigenvalue weighted by atomic mass is 10.3. The first-order chi connectivity index (χ1) is 10.9. The van der Waals surface area contributed by atoms with Crippen molar-refractivity contribution in [3.63, 3.8) is 0 Å². The van der Waals surface area contributed by atoms with Gasteiger partial charge >= 0.3 is 0 Å². The van der Waals surface area contributed by atoms with E-state index < -0.39 is 9.84 Å². The Morgan fingerprint density at radius 3 is 2.83 bits per heavy atom. The van der Waals surface area contributed by atoms with Crippen LogP contribution in [0, 0.1) is 0 Å². The number of aromatic nitrogens is 1. The predicted octanol–water partition coefficient (Wildman–Crippen LogP) is 3.41. The van der Waals surface area contributed by atoms with Gasteiger partial charge in [0.25, 0.3) is 0 Å². The fourth-order valence-electron chi connectivity index (χ4n) is 1.88. The molecular weight excluding hydrogens is 352 g/mol. The van der Waals surface area contributed by atoms with Crippen LogP contribution < -0.4 is 5.32 Å². The molecule has 0 radical (unpaired) electrons. The van der Waals surface area contributed by atoms with E-state index in [1.807, 2.05) is 17.5 Å². The van der Waals surface area contributed by atoms with Crippen LogP contribution in [0.5, 0.6) is 0 Å². The number of thiophene rings is 1. The third kappa shape index (κ3) is 3.84. The molecule has 8 heteroatoms. The molecule has 1 amide bonds. The molecule has 0 atom stereocenters. The average molecular weight is 364 g/mol. The Morgan fingerprint density at radius 1 is 1.30 bits per heavy atom. The van der Waals surface area contributed by atoms with E-state index in [0.29, 0.717) is 15.3 Å². The molecule has 0 saturated carbocycles. The smallest absolute Gasteiger partial charge is 0.250 e. The van der Waals surface area contributed by atoms with Crippen LogP contribution in [0.3, 0.4) is 0 Å². The van der Waals surface area contributed by atoms with Crippen LogP contribution in [0.4, 0.5) is 5.13 Å². The zero-order valence-corrected chi connectivity index (χ0v) is 14.5. The lowest BCUT2D eigenvalue weighted by molar-refractivity contribution is -0.111. The van der Waals surface area contributed by atoms with E-state index in [9.17, 15) is 13.2 Å². The Hall–Kier alpha value is -2.03. The molecule has 3 aromatic rings. The van der Waals surface area contributed by atoms with E-state index in [1.165, 1.54) is 23.5 Å². The van der Waals surface area contributed by atoms with Gasteiger partial charge in [-0.1, -0.05) is 17.4 Å². The number of carbonyl (C=O) groups excluding carboxylic acids is 1. The number of thiazole rings is 1. The molecule has 0 aliphatic carbocycles. The first-order valence-electron chi connectivity index (χ1n) is 6.55. The van der Waals surface area contributed by atoms with Crippen molar-refractivity contribution in [1.29, 1.82) is 0 Å². The van der Waals surface area contributed by atoms with Gasteiger partial charge in [0, 0.05) is 17.2 Å². The minimum absolute atomic E-state index is 0.240. The number of carbonyl (C=O) groups is 1. The molecule has 1 aromatic carbocycles. The highest BCUT2D eigenvalue weighted by Crippen LogP contribution is 2.28. The molecule has 23 heavy (non-hydrogen) atoms. The number of sulfone groups is 1. The van der Waals surface area contributed by atoms with E-state index in [1.54, 1.807) is 29.5 Å². The minimum Gasteiger partial charge on any atom is -0.298 e. The third-order valence-electron chi connectivity index (χ3n) is 2.96. The van der Waals surface area contributed by atoms with Crippen LogP contribution in [0.2, 0.25) is 0 Å². The number of nitrogens with one attached hydrogen (secondary N) is 1. The van der Waals surface area contributed by atoms with Crippen LogP contribution in [0.15, 0.2) is 46.7 Å². The largest absolute Gasteiger partial charge is 0.298 e.